The molecule has 3 atom stereocenters. The normalized spacial score (nSPS) is 32.1. The van der Waals surface area contributed by atoms with Gasteiger partial charge in [-0.3, -0.25) is 4.90 Å². The number of hydrogen-bond donors (Lipinski definition) is 1. The molecule has 2 rings (SSSR count). The van der Waals surface area contributed by atoms with Crippen molar-refractivity contribution in [1.82, 2.24) is 10.2 Å². The molecule has 2 fully saturated rings. The number of fused-ring (bicyclic) bond motifs is 2. The van der Waals surface area contributed by atoms with E-state index >= 15 is 0 Å². The molecule has 0 saturated carbocycles. The van der Waals surface area contributed by atoms with Gasteiger partial charge in [-0.05, 0) is 33.6 Å². The van der Waals surface area contributed by atoms with Crippen molar-refractivity contribution in [3.63, 3.8) is 0 Å². The molecule has 94 valence electrons. The highest BCUT2D eigenvalue weighted by Gasteiger charge is 2.43. The average molecular weight is 237 g/mol. The molecule has 0 radical (unpaired) electrons. The lowest BCUT2D eigenvalue weighted by Crippen LogP contribution is -2.59. The Bertz CT molecular complexity index is 356. The number of nitriles is 1. The summed E-state index contributed by atoms with van der Waals surface area (Å²) >= 11 is 0. The molecule has 0 aromatic rings. The summed E-state index contributed by atoms with van der Waals surface area (Å²) in [5, 5.41) is 12.6. The molecule has 0 aromatic heterocycles. The van der Waals surface area contributed by atoms with Crippen molar-refractivity contribution in [1.29, 1.82) is 5.26 Å². The van der Waals surface area contributed by atoms with Crippen LogP contribution in [0, 0.1) is 11.3 Å². The molecule has 2 saturated heterocycles. The first-order chi connectivity index (χ1) is 7.90. The SMILES string of the molecule is CC(C)(C)OC(=O)N1CC2CCC(N2)C1C#N. The molecule has 3 unspecified atom stereocenters. The second kappa shape index (κ2) is 4.19. The standard InChI is InChI=1S/C12H19N3O2/c1-12(2,3)17-11(16)15-7-8-4-5-9(14-8)10(15)6-13/h8-10,14H,4-5,7H2,1-3H3. The quantitative estimate of drug-likeness (QED) is 0.688. The summed E-state index contributed by atoms with van der Waals surface area (Å²) in [7, 11) is 0. The number of carbonyl (C=O) groups is 1. The van der Waals surface area contributed by atoms with Crippen LogP contribution in [0.25, 0.3) is 0 Å². The van der Waals surface area contributed by atoms with E-state index in [0.29, 0.717) is 12.6 Å². The number of hydrogen-bond acceptors (Lipinski definition) is 4. The Labute approximate surface area is 102 Å². The number of rotatable bonds is 0. The average Bonchev–Trinajstić information content (AvgIpc) is 2.58. The maximum atomic E-state index is 12.0. The molecular formula is C12H19N3O2. The number of carbonyl (C=O) groups excluding carboxylic acids is 1. The molecule has 2 aliphatic rings. The highest BCUT2D eigenvalue weighted by molar-refractivity contribution is 5.69. The van der Waals surface area contributed by atoms with Gasteiger partial charge in [0, 0.05) is 18.6 Å². The summed E-state index contributed by atoms with van der Waals surface area (Å²) in [6, 6.07) is 2.23. The molecule has 0 aromatic carbocycles. The molecule has 5 nitrogen and oxygen atoms in total. The van der Waals surface area contributed by atoms with E-state index in [1.165, 1.54) is 0 Å². The Balaban J connectivity index is 2.09. The largest absolute Gasteiger partial charge is 0.444 e. The molecule has 5 heteroatoms. The number of likely N-dealkylation sites (tertiary alicyclic amines) is 1. The number of amides is 1. The maximum absolute atomic E-state index is 12.0. The molecule has 1 N–H and O–H groups in total. The van der Waals surface area contributed by atoms with E-state index in [4.69, 9.17) is 4.74 Å². The van der Waals surface area contributed by atoms with E-state index in [1.807, 2.05) is 20.8 Å². The number of nitrogens with one attached hydrogen (secondary N) is 1. The third kappa shape index (κ3) is 2.52. The van der Waals surface area contributed by atoms with Gasteiger partial charge in [0.25, 0.3) is 0 Å². The van der Waals surface area contributed by atoms with Crippen LogP contribution in [-0.4, -0.2) is 41.3 Å². The Hall–Kier alpha value is -1.28. The van der Waals surface area contributed by atoms with Crippen LogP contribution in [-0.2, 0) is 4.74 Å². The Morgan fingerprint density at radius 2 is 2.18 bits per heavy atom. The zero-order valence-corrected chi connectivity index (χ0v) is 10.6. The van der Waals surface area contributed by atoms with E-state index in [1.54, 1.807) is 4.90 Å². The summed E-state index contributed by atoms with van der Waals surface area (Å²) in [4.78, 5) is 13.6. The molecule has 2 bridgehead atoms. The van der Waals surface area contributed by atoms with Gasteiger partial charge >= 0.3 is 6.09 Å². The Morgan fingerprint density at radius 3 is 2.76 bits per heavy atom. The van der Waals surface area contributed by atoms with Crippen LogP contribution in [0.5, 0.6) is 0 Å². The van der Waals surface area contributed by atoms with Crippen molar-refractivity contribution in [2.75, 3.05) is 6.54 Å². The summed E-state index contributed by atoms with van der Waals surface area (Å²) in [5.41, 5.74) is -0.513. The minimum Gasteiger partial charge on any atom is -0.444 e. The van der Waals surface area contributed by atoms with E-state index in [0.717, 1.165) is 12.8 Å². The van der Waals surface area contributed by atoms with Gasteiger partial charge in [0.2, 0.25) is 0 Å². The van der Waals surface area contributed by atoms with Crippen LogP contribution < -0.4 is 5.32 Å². The van der Waals surface area contributed by atoms with Crippen LogP contribution in [0.15, 0.2) is 0 Å². The summed E-state index contributed by atoms with van der Waals surface area (Å²) in [6.45, 7) is 6.08. The zero-order chi connectivity index (χ0) is 12.6. The maximum Gasteiger partial charge on any atom is 0.411 e. The third-order valence-corrected chi connectivity index (χ3v) is 3.17. The summed E-state index contributed by atoms with van der Waals surface area (Å²) < 4.78 is 5.34. The van der Waals surface area contributed by atoms with Crippen molar-refractivity contribution in [3.8, 4) is 6.07 Å². The Morgan fingerprint density at radius 1 is 1.47 bits per heavy atom. The van der Waals surface area contributed by atoms with Gasteiger partial charge in [0.15, 0.2) is 0 Å². The van der Waals surface area contributed by atoms with Gasteiger partial charge in [-0.1, -0.05) is 0 Å². The highest BCUT2D eigenvalue weighted by atomic mass is 16.6. The van der Waals surface area contributed by atoms with Gasteiger partial charge in [-0.15, -0.1) is 0 Å². The van der Waals surface area contributed by atoms with Crippen LogP contribution in [0.3, 0.4) is 0 Å². The highest BCUT2D eigenvalue weighted by Crippen LogP contribution is 2.26. The van der Waals surface area contributed by atoms with Gasteiger partial charge < -0.3 is 10.1 Å². The van der Waals surface area contributed by atoms with E-state index < -0.39 is 11.6 Å². The fourth-order valence-electron chi connectivity index (χ4n) is 2.48. The molecule has 17 heavy (non-hydrogen) atoms. The molecular weight excluding hydrogens is 218 g/mol. The topological polar surface area (TPSA) is 65.4 Å². The first kappa shape index (κ1) is 12.2. The lowest BCUT2D eigenvalue weighted by atomic mass is 10.1. The second-order valence-corrected chi connectivity index (χ2v) is 5.75. The minimum atomic E-state index is -0.513. The first-order valence-electron chi connectivity index (χ1n) is 6.06. The second-order valence-electron chi connectivity index (χ2n) is 5.75. The van der Waals surface area contributed by atoms with Crippen LogP contribution in [0.4, 0.5) is 4.79 Å². The fraction of sp³-hybridized carbons (Fsp3) is 0.833. The number of nitrogens with zero attached hydrogens (tertiary/aromatic N) is 2. The molecule has 0 spiro atoms. The third-order valence-electron chi connectivity index (χ3n) is 3.17. The minimum absolute atomic E-state index is 0.103. The number of piperazine rings is 1. The zero-order valence-electron chi connectivity index (χ0n) is 10.6. The van der Waals surface area contributed by atoms with Crippen LogP contribution in [0.2, 0.25) is 0 Å². The predicted octanol–water partition coefficient (Wildman–Crippen LogP) is 1.25. The van der Waals surface area contributed by atoms with Gasteiger partial charge in [0.05, 0.1) is 6.07 Å². The predicted molar refractivity (Wildman–Crippen MR) is 62.3 cm³/mol. The lowest BCUT2D eigenvalue weighted by Gasteiger charge is -2.37. The fourth-order valence-corrected chi connectivity index (χ4v) is 2.48. The van der Waals surface area contributed by atoms with Crippen LogP contribution >= 0.6 is 0 Å². The van der Waals surface area contributed by atoms with Crippen molar-refractivity contribution in [2.45, 2.75) is 57.3 Å². The lowest BCUT2D eigenvalue weighted by molar-refractivity contribution is 0.0121. The van der Waals surface area contributed by atoms with Crippen molar-refractivity contribution in [3.05, 3.63) is 0 Å². The smallest absolute Gasteiger partial charge is 0.411 e. The van der Waals surface area contributed by atoms with Crippen LogP contribution in [0.1, 0.15) is 33.6 Å². The first-order valence-corrected chi connectivity index (χ1v) is 6.06. The van der Waals surface area contributed by atoms with Crippen molar-refractivity contribution in [2.24, 2.45) is 0 Å². The van der Waals surface area contributed by atoms with E-state index in [2.05, 4.69) is 11.4 Å². The molecule has 0 aliphatic carbocycles. The Kier molecular flexibility index (Phi) is 3.00. The van der Waals surface area contributed by atoms with Crippen molar-refractivity contribution >= 4 is 6.09 Å². The monoisotopic (exact) mass is 237 g/mol. The van der Waals surface area contributed by atoms with Gasteiger partial charge in [-0.2, -0.15) is 5.26 Å². The molecule has 1 amide bonds. The summed E-state index contributed by atoms with van der Waals surface area (Å²) in [5.74, 6) is 0. The van der Waals surface area contributed by atoms with E-state index in [9.17, 15) is 10.1 Å². The van der Waals surface area contributed by atoms with Crippen molar-refractivity contribution < 1.29 is 9.53 Å². The summed E-state index contributed by atoms with van der Waals surface area (Å²) in [6.07, 6.45) is 1.62. The molecule has 2 heterocycles. The number of ether oxygens (including phenoxy) is 1. The van der Waals surface area contributed by atoms with Gasteiger partial charge in [0.1, 0.15) is 11.6 Å². The van der Waals surface area contributed by atoms with E-state index in [-0.39, 0.29) is 12.1 Å². The van der Waals surface area contributed by atoms with Gasteiger partial charge in [-0.25, -0.2) is 4.79 Å². The molecule has 2 aliphatic heterocycles.